The van der Waals surface area contributed by atoms with E-state index in [1.165, 1.54) is 35.5 Å². The Kier molecular flexibility index (Phi) is 11.6. The van der Waals surface area contributed by atoms with Gasteiger partial charge in [0.1, 0.15) is 27.2 Å². The maximum Gasteiger partial charge on any atom is 0.234 e. The maximum absolute atomic E-state index is 13.2. The summed E-state index contributed by atoms with van der Waals surface area (Å²) in [6.45, 7) is 11.7. The number of thiophene rings is 1. The number of aromatic nitrogens is 3. The normalized spacial score (nSPS) is 15.3. The fraction of sp³-hybridized carbons (Fsp3) is 0.410. The topological polar surface area (TPSA) is 128 Å². The van der Waals surface area contributed by atoms with Crippen LogP contribution in [0, 0.1) is 0 Å². The second kappa shape index (κ2) is 16.5. The molecule has 2 aliphatic heterocycles. The van der Waals surface area contributed by atoms with Crippen LogP contribution in [0.2, 0.25) is 0 Å². The molecule has 0 radical (unpaired) electrons. The number of ether oxygens (including phenoxy) is 3. The Balaban J connectivity index is 1.21. The number of nitrogens with zero attached hydrogens (tertiary/aromatic N) is 4. The van der Waals surface area contributed by atoms with E-state index in [2.05, 4.69) is 29.4 Å². The minimum absolute atomic E-state index is 0.111. The average Bonchev–Trinajstić information content (AvgIpc) is 3.53. The Labute approximate surface area is 322 Å². The summed E-state index contributed by atoms with van der Waals surface area (Å²) in [5.41, 5.74) is 4.16. The predicted molar refractivity (Wildman–Crippen MR) is 215 cm³/mol. The van der Waals surface area contributed by atoms with E-state index in [-0.39, 0.29) is 28.9 Å². The third-order valence-corrected chi connectivity index (χ3v) is 12.1. The summed E-state index contributed by atoms with van der Waals surface area (Å²) in [4.78, 5) is 45.0. The Hall–Kier alpha value is -4.11. The highest BCUT2D eigenvalue weighted by molar-refractivity contribution is 8.00. The van der Waals surface area contributed by atoms with Crippen molar-refractivity contribution in [3.63, 3.8) is 0 Å². The maximum atomic E-state index is 13.2. The van der Waals surface area contributed by atoms with Gasteiger partial charge in [0.2, 0.25) is 11.8 Å². The van der Waals surface area contributed by atoms with E-state index in [0.29, 0.717) is 41.4 Å². The molecule has 14 heteroatoms. The molecule has 1 saturated heterocycles. The summed E-state index contributed by atoms with van der Waals surface area (Å²) in [6, 6.07) is 14.6. The summed E-state index contributed by atoms with van der Waals surface area (Å²) in [6.07, 6.45) is 4.24. The number of fused-ring (bicyclic) bond motifs is 5. The smallest absolute Gasteiger partial charge is 0.234 e. The first-order valence-corrected chi connectivity index (χ1v) is 20.8. The Morgan fingerprint density at radius 1 is 0.830 bits per heavy atom. The molecule has 2 N–H and O–H groups in total. The average molecular weight is 773 g/mol. The second-order valence-electron chi connectivity index (χ2n) is 13.5. The quantitative estimate of drug-likeness (QED) is 0.0681. The molecule has 7 rings (SSSR count). The molecule has 0 unspecified atom stereocenters. The molecular weight excluding hydrogens is 729 g/mol. The Bertz CT molecular complexity index is 2100. The molecular formula is C39H44N6O5S3. The highest BCUT2D eigenvalue weighted by Crippen LogP contribution is 2.45. The molecule has 1 fully saturated rings. The molecule has 0 atom stereocenters. The van der Waals surface area contributed by atoms with Gasteiger partial charge in [-0.05, 0) is 101 Å². The van der Waals surface area contributed by atoms with Crippen LogP contribution in [0.4, 0.5) is 17.2 Å². The molecule has 3 aromatic heterocycles. The van der Waals surface area contributed by atoms with Gasteiger partial charge in [0.05, 0.1) is 47.1 Å². The van der Waals surface area contributed by atoms with Gasteiger partial charge < -0.3 is 29.7 Å². The number of hydrogen-bond acceptors (Lipinski definition) is 12. The lowest BCUT2D eigenvalue weighted by Gasteiger charge is -2.36. The Morgan fingerprint density at radius 3 is 2.04 bits per heavy atom. The van der Waals surface area contributed by atoms with Gasteiger partial charge in [0.25, 0.3) is 0 Å². The van der Waals surface area contributed by atoms with Gasteiger partial charge in [-0.15, -0.1) is 11.3 Å². The molecule has 278 valence electrons. The van der Waals surface area contributed by atoms with Gasteiger partial charge >= 0.3 is 0 Å². The highest BCUT2D eigenvalue weighted by Gasteiger charge is 2.33. The molecule has 2 aliphatic rings. The third kappa shape index (κ3) is 8.83. The van der Waals surface area contributed by atoms with Gasteiger partial charge in [-0.25, -0.2) is 15.0 Å². The van der Waals surface area contributed by atoms with E-state index in [1.807, 2.05) is 62.4 Å². The minimum atomic E-state index is -0.352. The number of hydrogen-bond donors (Lipinski definition) is 2. The molecule has 0 spiro atoms. The van der Waals surface area contributed by atoms with E-state index in [4.69, 9.17) is 29.2 Å². The number of rotatable bonds is 13. The van der Waals surface area contributed by atoms with Gasteiger partial charge in [0.15, 0.2) is 5.16 Å². The van der Waals surface area contributed by atoms with Crippen molar-refractivity contribution in [3.05, 3.63) is 59.7 Å². The Morgan fingerprint density at radius 2 is 1.43 bits per heavy atom. The van der Waals surface area contributed by atoms with Crippen molar-refractivity contribution in [2.24, 2.45) is 0 Å². The van der Waals surface area contributed by atoms with Crippen LogP contribution in [0.3, 0.4) is 0 Å². The standard InChI is InChI=1S/C39H44N6O5S3/c1-5-48-26-14-10-24(11-15-26)40-30(46)22-51-37-34-33(42-38(44-37)52-23-31(47)41-25-12-16-27(17-13-25)49-6-2)32-28-20-39(3,4)50-21-29(28)35(43-36(32)53-34)45-18-8-7-9-19-45/h10-17H,5-9,18-23H2,1-4H3,(H,40,46)(H,41,47). The summed E-state index contributed by atoms with van der Waals surface area (Å²) in [7, 11) is 0. The van der Waals surface area contributed by atoms with Crippen molar-refractivity contribution in [3.8, 4) is 11.5 Å². The van der Waals surface area contributed by atoms with Crippen LogP contribution in [0.1, 0.15) is 58.1 Å². The van der Waals surface area contributed by atoms with Gasteiger partial charge in [-0.1, -0.05) is 23.5 Å². The van der Waals surface area contributed by atoms with Crippen LogP contribution in [0.5, 0.6) is 11.5 Å². The lowest BCUT2D eigenvalue weighted by molar-refractivity contribution is -0.114. The van der Waals surface area contributed by atoms with Crippen molar-refractivity contribution < 1.29 is 23.8 Å². The molecule has 0 bridgehead atoms. The first-order valence-electron chi connectivity index (χ1n) is 18.1. The van der Waals surface area contributed by atoms with Crippen LogP contribution in [-0.4, -0.2) is 70.2 Å². The summed E-state index contributed by atoms with van der Waals surface area (Å²) in [5.74, 6) is 2.43. The van der Waals surface area contributed by atoms with E-state index >= 15 is 0 Å². The zero-order chi connectivity index (χ0) is 37.0. The molecule has 11 nitrogen and oxygen atoms in total. The van der Waals surface area contributed by atoms with Gasteiger partial charge in [-0.2, -0.15) is 0 Å². The monoisotopic (exact) mass is 772 g/mol. The summed E-state index contributed by atoms with van der Waals surface area (Å²) in [5, 5.41) is 8.11. The van der Waals surface area contributed by atoms with Crippen molar-refractivity contribution in [2.45, 2.75) is 75.8 Å². The zero-order valence-corrected chi connectivity index (χ0v) is 32.9. The lowest BCUT2D eigenvalue weighted by atomic mass is 9.90. The first kappa shape index (κ1) is 37.2. The summed E-state index contributed by atoms with van der Waals surface area (Å²) >= 11 is 4.21. The largest absolute Gasteiger partial charge is 0.494 e. The fourth-order valence-corrected chi connectivity index (χ4v) is 9.35. The van der Waals surface area contributed by atoms with Crippen LogP contribution in [0.25, 0.3) is 20.4 Å². The van der Waals surface area contributed by atoms with Gasteiger partial charge in [0, 0.05) is 41.8 Å². The van der Waals surface area contributed by atoms with Crippen molar-refractivity contribution in [1.29, 1.82) is 0 Å². The van der Waals surface area contributed by atoms with Crippen LogP contribution in [0.15, 0.2) is 58.7 Å². The zero-order valence-electron chi connectivity index (χ0n) is 30.5. The van der Waals surface area contributed by atoms with E-state index in [9.17, 15) is 9.59 Å². The van der Waals surface area contributed by atoms with Crippen LogP contribution >= 0.6 is 34.9 Å². The second-order valence-corrected chi connectivity index (χ2v) is 16.4. The number of benzene rings is 2. The SMILES string of the molecule is CCOc1ccc(NC(=O)CSc2nc(SCC(=O)Nc3ccc(OCC)cc3)c3sc4nc(N5CCCCC5)c5c(c4c3n2)CC(C)(C)OC5)cc1. The minimum Gasteiger partial charge on any atom is -0.494 e. The summed E-state index contributed by atoms with van der Waals surface area (Å²) < 4.78 is 18.3. The number of carbonyl (C=O) groups is 2. The molecule has 2 aromatic carbocycles. The van der Waals surface area contributed by atoms with E-state index in [0.717, 1.165) is 75.7 Å². The first-order chi connectivity index (χ1) is 25.7. The number of anilines is 3. The molecule has 5 aromatic rings. The molecule has 2 amide bonds. The number of pyridine rings is 1. The van der Waals surface area contributed by atoms with Crippen molar-refractivity contribution in [1.82, 2.24) is 15.0 Å². The van der Waals surface area contributed by atoms with Gasteiger partial charge in [-0.3, -0.25) is 9.59 Å². The number of amides is 2. The molecule has 0 saturated carbocycles. The highest BCUT2D eigenvalue weighted by atomic mass is 32.2. The predicted octanol–water partition coefficient (Wildman–Crippen LogP) is 8.34. The number of nitrogens with one attached hydrogen (secondary N) is 2. The van der Waals surface area contributed by atoms with E-state index < -0.39 is 0 Å². The van der Waals surface area contributed by atoms with Crippen molar-refractivity contribution in [2.75, 3.05) is 53.3 Å². The van der Waals surface area contributed by atoms with Crippen LogP contribution < -0.4 is 25.0 Å². The molecule has 5 heterocycles. The number of carbonyl (C=O) groups excluding carboxylic acids is 2. The van der Waals surface area contributed by atoms with Crippen LogP contribution in [-0.2, 0) is 27.4 Å². The fourth-order valence-electron chi connectivity index (χ4n) is 6.60. The van der Waals surface area contributed by atoms with Crippen molar-refractivity contribution >= 4 is 84.3 Å². The third-order valence-electron chi connectivity index (χ3n) is 9.04. The number of thioether (sulfide) groups is 2. The molecule has 0 aliphatic carbocycles. The number of piperidine rings is 1. The lowest BCUT2D eigenvalue weighted by Crippen LogP contribution is -2.36. The molecule has 53 heavy (non-hydrogen) atoms. The van der Waals surface area contributed by atoms with E-state index in [1.54, 1.807) is 11.3 Å².